The summed E-state index contributed by atoms with van der Waals surface area (Å²) in [5.74, 6) is -1.74. The average Bonchev–Trinajstić information content (AvgIpc) is 2.52. The molecule has 1 unspecified atom stereocenters. The third-order valence-corrected chi connectivity index (χ3v) is 3.41. The molecule has 0 heterocycles. The van der Waals surface area contributed by atoms with Crippen LogP contribution in [-0.2, 0) is 17.1 Å². The van der Waals surface area contributed by atoms with Gasteiger partial charge in [0.25, 0.3) is 0 Å². The van der Waals surface area contributed by atoms with E-state index in [-0.39, 0.29) is 5.56 Å². The van der Waals surface area contributed by atoms with Gasteiger partial charge in [-0.2, -0.15) is 26.3 Å². The van der Waals surface area contributed by atoms with E-state index in [1.807, 2.05) is 0 Å². The first-order valence-corrected chi connectivity index (χ1v) is 6.71. The number of halogens is 6. The van der Waals surface area contributed by atoms with Crippen LogP contribution in [-0.4, -0.2) is 16.2 Å². The normalized spacial score (nSPS) is 13.6. The van der Waals surface area contributed by atoms with Gasteiger partial charge in [0, 0.05) is 0 Å². The van der Waals surface area contributed by atoms with Crippen LogP contribution < -0.4 is 0 Å². The van der Waals surface area contributed by atoms with Crippen molar-refractivity contribution in [3.8, 4) is 11.1 Å². The van der Waals surface area contributed by atoms with Gasteiger partial charge < -0.3 is 10.2 Å². The molecule has 0 aromatic heterocycles. The molecule has 0 amide bonds. The zero-order valence-corrected chi connectivity index (χ0v) is 12.2. The zero-order valence-electron chi connectivity index (χ0n) is 12.2. The van der Waals surface area contributed by atoms with Crippen LogP contribution in [0.3, 0.4) is 0 Å². The largest absolute Gasteiger partial charge is 0.479 e. The van der Waals surface area contributed by atoms with Crippen LogP contribution in [0.2, 0.25) is 0 Å². The molecule has 2 N–H and O–H groups in total. The maximum atomic E-state index is 12.9. The number of alkyl halides is 6. The number of aliphatic carboxylic acids is 1. The molecule has 2 aromatic rings. The SMILES string of the molecule is O=C(O)C(O)c1ccc(C(F)(F)F)cc1-c1cccc(C(F)(F)F)c1. The summed E-state index contributed by atoms with van der Waals surface area (Å²) in [7, 11) is 0. The summed E-state index contributed by atoms with van der Waals surface area (Å²) in [6.07, 6.45) is -11.7. The van der Waals surface area contributed by atoms with Crippen molar-refractivity contribution in [2.75, 3.05) is 0 Å². The summed E-state index contributed by atoms with van der Waals surface area (Å²) >= 11 is 0. The summed E-state index contributed by atoms with van der Waals surface area (Å²) in [5.41, 5.74) is -3.48. The van der Waals surface area contributed by atoms with E-state index in [0.29, 0.717) is 18.2 Å². The topological polar surface area (TPSA) is 57.5 Å². The van der Waals surface area contributed by atoms with Crippen LogP contribution in [0, 0.1) is 0 Å². The number of carboxylic acids is 1. The Labute approximate surface area is 137 Å². The standard InChI is InChI=1S/C16H10F6O3/c17-15(18,19)9-3-1-2-8(6-9)12-7-10(16(20,21)22)4-5-11(12)13(23)14(24)25/h1-7,13,23H,(H,24,25). The highest BCUT2D eigenvalue weighted by molar-refractivity contribution is 5.80. The molecular formula is C16H10F6O3. The van der Waals surface area contributed by atoms with Gasteiger partial charge in [-0.15, -0.1) is 0 Å². The Morgan fingerprint density at radius 2 is 1.44 bits per heavy atom. The van der Waals surface area contributed by atoms with Crippen LogP contribution in [0.15, 0.2) is 42.5 Å². The van der Waals surface area contributed by atoms with Gasteiger partial charge in [0.2, 0.25) is 0 Å². The second-order valence-electron chi connectivity index (χ2n) is 5.12. The molecule has 0 saturated carbocycles. The molecule has 0 radical (unpaired) electrons. The molecule has 0 aliphatic carbocycles. The number of aliphatic hydroxyl groups excluding tert-OH is 1. The van der Waals surface area contributed by atoms with Crippen LogP contribution in [0.25, 0.3) is 11.1 Å². The minimum absolute atomic E-state index is 0.295. The fourth-order valence-electron chi connectivity index (χ4n) is 2.22. The monoisotopic (exact) mass is 364 g/mol. The van der Waals surface area contributed by atoms with Crippen molar-refractivity contribution in [2.24, 2.45) is 0 Å². The Morgan fingerprint density at radius 3 is 1.96 bits per heavy atom. The van der Waals surface area contributed by atoms with E-state index in [1.54, 1.807) is 0 Å². The molecule has 1 atom stereocenters. The Balaban J connectivity index is 2.70. The quantitative estimate of drug-likeness (QED) is 0.788. The number of benzene rings is 2. The van der Waals surface area contributed by atoms with Gasteiger partial charge in [-0.05, 0) is 41.0 Å². The van der Waals surface area contributed by atoms with E-state index in [4.69, 9.17) is 5.11 Å². The number of hydrogen-bond donors (Lipinski definition) is 2. The van der Waals surface area contributed by atoms with Crippen molar-refractivity contribution in [1.29, 1.82) is 0 Å². The van der Waals surface area contributed by atoms with Gasteiger partial charge in [0.1, 0.15) is 0 Å². The average molecular weight is 364 g/mol. The molecule has 0 fully saturated rings. The second kappa shape index (κ2) is 6.40. The van der Waals surface area contributed by atoms with Crippen LogP contribution in [0.1, 0.15) is 22.8 Å². The first-order chi connectivity index (χ1) is 11.4. The molecule has 3 nitrogen and oxygen atoms in total. The maximum absolute atomic E-state index is 12.9. The van der Waals surface area contributed by atoms with Crippen molar-refractivity contribution in [3.63, 3.8) is 0 Å². The number of rotatable bonds is 3. The van der Waals surface area contributed by atoms with Gasteiger partial charge in [-0.3, -0.25) is 0 Å². The first-order valence-electron chi connectivity index (χ1n) is 6.71. The second-order valence-corrected chi connectivity index (χ2v) is 5.12. The highest BCUT2D eigenvalue weighted by atomic mass is 19.4. The molecule has 0 saturated heterocycles. The van der Waals surface area contributed by atoms with E-state index >= 15 is 0 Å². The lowest BCUT2D eigenvalue weighted by molar-refractivity contribution is -0.147. The third kappa shape index (κ3) is 4.11. The predicted molar refractivity (Wildman–Crippen MR) is 74.5 cm³/mol. The van der Waals surface area contributed by atoms with Crippen molar-refractivity contribution < 1.29 is 41.4 Å². The number of carbonyl (C=O) groups is 1. The summed E-state index contributed by atoms with van der Waals surface area (Å²) < 4.78 is 77.1. The predicted octanol–water partition coefficient (Wildman–Crippen LogP) is 4.51. The molecule has 2 rings (SSSR count). The minimum atomic E-state index is -4.79. The van der Waals surface area contributed by atoms with Gasteiger partial charge in [-0.25, -0.2) is 4.79 Å². The Kier molecular flexibility index (Phi) is 4.81. The Hall–Kier alpha value is -2.55. The number of hydrogen-bond acceptors (Lipinski definition) is 2. The number of aliphatic hydroxyl groups is 1. The fourth-order valence-corrected chi connectivity index (χ4v) is 2.22. The van der Waals surface area contributed by atoms with E-state index in [9.17, 15) is 36.2 Å². The zero-order chi connectivity index (χ0) is 19.0. The summed E-state index contributed by atoms with van der Waals surface area (Å²) in [6, 6.07) is 5.20. The minimum Gasteiger partial charge on any atom is -0.479 e. The molecule has 0 aliphatic rings. The van der Waals surface area contributed by atoms with E-state index in [1.165, 1.54) is 0 Å². The van der Waals surface area contributed by atoms with Gasteiger partial charge in [0.15, 0.2) is 6.10 Å². The van der Waals surface area contributed by atoms with Crippen LogP contribution in [0.4, 0.5) is 26.3 Å². The Morgan fingerprint density at radius 1 is 0.880 bits per heavy atom. The van der Waals surface area contributed by atoms with Crippen LogP contribution in [0.5, 0.6) is 0 Å². The third-order valence-electron chi connectivity index (χ3n) is 3.41. The highest BCUT2D eigenvalue weighted by Gasteiger charge is 2.34. The smallest absolute Gasteiger partial charge is 0.416 e. The van der Waals surface area contributed by atoms with Gasteiger partial charge in [-0.1, -0.05) is 18.2 Å². The summed E-state index contributed by atoms with van der Waals surface area (Å²) in [4.78, 5) is 10.9. The lowest BCUT2D eigenvalue weighted by Gasteiger charge is -2.17. The molecule has 0 spiro atoms. The summed E-state index contributed by atoms with van der Waals surface area (Å²) in [6.45, 7) is 0. The maximum Gasteiger partial charge on any atom is 0.416 e. The van der Waals surface area contributed by atoms with E-state index in [0.717, 1.165) is 24.3 Å². The van der Waals surface area contributed by atoms with Gasteiger partial charge in [0.05, 0.1) is 11.1 Å². The molecule has 9 heteroatoms. The molecule has 0 bridgehead atoms. The first kappa shape index (κ1) is 18.8. The molecule has 0 aliphatic heterocycles. The molecule has 2 aromatic carbocycles. The lowest BCUT2D eigenvalue weighted by atomic mass is 9.93. The summed E-state index contributed by atoms with van der Waals surface area (Å²) in [5, 5.41) is 18.5. The van der Waals surface area contributed by atoms with Gasteiger partial charge >= 0.3 is 18.3 Å². The van der Waals surface area contributed by atoms with E-state index < -0.39 is 46.7 Å². The van der Waals surface area contributed by atoms with E-state index in [2.05, 4.69) is 0 Å². The van der Waals surface area contributed by atoms with Crippen molar-refractivity contribution >= 4 is 5.97 Å². The van der Waals surface area contributed by atoms with Crippen molar-refractivity contribution in [1.82, 2.24) is 0 Å². The number of carboxylic acid groups (broad SMARTS) is 1. The van der Waals surface area contributed by atoms with Crippen molar-refractivity contribution in [2.45, 2.75) is 18.5 Å². The molecule has 134 valence electrons. The highest BCUT2D eigenvalue weighted by Crippen LogP contribution is 2.38. The molecule has 25 heavy (non-hydrogen) atoms. The lowest BCUT2D eigenvalue weighted by Crippen LogP contribution is -2.13. The van der Waals surface area contributed by atoms with Crippen molar-refractivity contribution in [3.05, 3.63) is 59.2 Å². The fraction of sp³-hybridized carbons (Fsp3) is 0.188. The molecular weight excluding hydrogens is 354 g/mol. The Bertz CT molecular complexity index is 795. The van der Waals surface area contributed by atoms with Crippen LogP contribution >= 0.6 is 0 Å².